The summed E-state index contributed by atoms with van der Waals surface area (Å²) in [5, 5.41) is 6.44. The molecule has 8 heteroatoms. The van der Waals surface area contributed by atoms with Crippen LogP contribution in [0.1, 0.15) is 34.1 Å². The van der Waals surface area contributed by atoms with Crippen LogP contribution in [0.5, 0.6) is 5.75 Å². The van der Waals surface area contributed by atoms with Crippen molar-refractivity contribution < 1.29 is 19.0 Å². The van der Waals surface area contributed by atoms with Crippen LogP contribution in [0.4, 0.5) is 10.5 Å². The average Bonchev–Trinajstić information content (AvgIpc) is 2.66. The number of amides is 1. The third-order valence-electron chi connectivity index (χ3n) is 3.79. The Balaban J connectivity index is 2.50. The van der Waals surface area contributed by atoms with E-state index in [1.54, 1.807) is 19.1 Å². The monoisotopic (exact) mass is 408 g/mol. The number of hydrogen-bond acceptors (Lipinski definition) is 5. The van der Waals surface area contributed by atoms with Gasteiger partial charge in [0, 0.05) is 58.6 Å². The first kappa shape index (κ1) is 24.6. The number of anilines is 1. The Morgan fingerprint density at radius 3 is 2.62 bits per heavy atom. The highest BCUT2D eigenvalue weighted by Gasteiger charge is 2.20. The van der Waals surface area contributed by atoms with Gasteiger partial charge in [0.2, 0.25) is 0 Å². The van der Waals surface area contributed by atoms with E-state index in [1.807, 2.05) is 52.0 Å². The first-order chi connectivity index (χ1) is 13.8. The Hall–Kier alpha value is -2.48. The van der Waals surface area contributed by atoms with Gasteiger partial charge < -0.3 is 29.7 Å². The Bertz CT molecular complexity index is 644. The molecule has 8 nitrogen and oxygen atoms in total. The molecule has 0 atom stereocenters. The van der Waals surface area contributed by atoms with Crippen LogP contribution in [0.25, 0.3) is 0 Å². The number of hydrogen-bond donors (Lipinski definition) is 2. The number of nitrogens with zero attached hydrogens (tertiary/aromatic N) is 2. The van der Waals surface area contributed by atoms with E-state index in [2.05, 4.69) is 15.6 Å². The molecule has 0 aliphatic rings. The van der Waals surface area contributed by atoms with Crippen molar-refractivity contribution in [2.24, 2.45) is 4.99 Å². The van der Waals surface area contributed by atoms with Gasteiger partial charge in [0.05, 0.1) is 6.61 Å². The van der Waals surface area contributed by atoms with Gasteiger partial charge in [-0.3, -0.25) is 4.99 Å². The van der Waals surface area contributed by atoms with E-state index in [-0.39, 0.29) is 6.09 Å². The molecule has 2 N–H and O–H groups in total. The van der Waals surface area contributed by atoms with Crippen molar-refractivity contribution in [3.05, 3.63) is 24.3 Å². The summed E-state index contributed by atoms with van der Waals surface area (Å²) in [5.74, 6) is 1.39. The van der Waals surface area contributed by atoms with E-state index in [0.717, 1.165) is 17.9 Å². The summed E-state index contributed by atoms with van der Waals surface area (Å²) in [6.07, 6.45) is 0.520. The van der Waals surface area contributed by atoms with Crippen LogP contribution in [-0.4, -0.2) is 69.6 Å². The molecule has 1 aromatic rings. The predicted molar refractivity (Wildman–Crippen MR) is 117 cm³/mol. The standard InChI is InChI=1S/C21H36N4O4/c1-7-25(20(26)29-21(2,3)4)13-12-23-19(22-5)24-17-10-8-11-18(16-17)28-15-9-14-27-6/h8,10-11,16H,7,9,12-15H2,1-6H3,(H2,22,23,24). The van der Waals surface area contributed by atoms with Crippen LogP contribution in [0.2, 0.25) is 0 Å². The van der Waals surface area contributed by atoms with Crippen LogP contribution in [0.15, 0.2) is 29.3 Å². The molecule has 0 heterocycles. The fourth-order valence-electron chi connectivity index (χ4n) is 2.39. The van der Waals surface area contributed by atoms with E-state index in [4.69, 9.17) is 14.2 Å². The van der Waals surface area contributed by atoms with Crippen molar-refractivity contribution in [3.63, 3.8) is 0 Å². The Labute approximate surface area is 174 Å². The molecule has 0 saturated carbocycles. The van der Waals surface area contributed by atoms with Crippen molar-refractivity contribution in [3.8, 4) is 5.75 Å². The van der Waals surface area contributed by atoms with Gasteiger partial charge in [-0.05, 0) is 39.8 Å². The molecule has 1 aromatic carbocycles. The van der Waals surface area contributed by atoms with Crippen molar-refractivity contribution in [1.82, 2.24) is 10.2 Å². The second-order valence-electron chi connectivity index (χ2n) is 7.41. The van der Waals surface area contributed by atoms with Crippen LogP contribution >= 0.6 is 0 Å². The number of guanidine groups is 1. The van der Waals surface area contributed by atoms with Crippen LogP contribution in [-0.2, 0) is 9.47 Å². The van der Waals surface area contributed by atoms with Crippen LogP contribution in [0.3, 0.4) is 0 Å². The number of carbonyl (C=O) groups is 1. The molecule has 0 fully saturated rings. The van der Waals surface area contributed by atoms with Gasteiger partial charge in [-0.15, -0.1) is 0 Å². The summed E-state index contributed by atoms with van der Waals surface area (Å²) in [6.45, 7) is 10.4. The SMILES string of the molecule is CCN(CCNC(=NC)Nc1cccc(OCCCOC)c1)C(=O)OC(C)(C)C. The summed E-state index contributed by atoms with van der Waals surface area (Å²) in [7, 11) is 3.38. The molecular weight excluding hydrogens is 372 g/mol. The number of methoxy groups -OCH3 is 1. The van der Waals surface area contributed by atoms with Gasteiger partial charge in [0.15, 0.2) is 5.96 Å². The minimum Gasteiger partial charge on any atom is -0.493 e. The predicted octanol–water partition coefficient (Wildman–Crippen LogP) is 3.35. The summed E-state index contributed by atoms with van der Waals surface area (Å²) in [5.41, 5.74) is 0.355. The molecule has 0 aromatic heterocycles. The lowest BCUT2D eigenvalue weighted by atomic mass is 10.2. The summed E-state index contributed by atoms with van der Waals surface area (Å²) in [6, 6.07) is 7.68. The first-order valence-electron chi connectivity index (χ1n) is 9.96. The quantitative estimate of drug-likeness (QED) is 0.351. The Morgan fingerprint density at radius 1 is 1.24 bits per heavy atom. The molecule has 0 bridgehead atoms. The smallest absolute Gasteiger partial charge is 0.410 e. The maximum Gasteiger partial charge on any atom is 0.410 e. The second-order valence-corrected chi connectivity index (χ2v) is 7.41. The van der Waals surface area contributed by atoms with Gasteiger partial charge in [0.1, 0.15) is 11.4 Å². The van der Waals surface area contributed by atoms with E-state index in [1.165, 1.54) is 0 Å². The normalized spacial score (nSPS) is 11.7. The van der Waals surface area contributed by atoms with Crippen LogP contribution in [0, 0.1) is 0 Å². The molecule has 0 radical (unpaired) electrons. The van der Waals surface area contributed by atoms with E-state index in [0.29, 0.717) is 38.8 Å². The number of carbonyl (C=O) groups excluding carboxylic acids is 1. The van der Waals surface area contributed by atoms with Gasteiger partial charge in [-0.2, -0.15) is 0 Å². The highest BCUT2D eigenvalue weighted by atomic mass is 16.6. The largest absolute Gasteiger partial charge is 0.493 e. The third kappa shape index (κ3) is 10.6. The minimum atomic E-state index is -0.508. The Kier molecular flexibility index (Phi) is 10.9. The number of benzene rings is 1. The zero-order chi connectivity index (χ0) is 21.7. The molecule has 1 amide bonds. The summed E-state index contributed by atoms with van der Waals surface area (Å²) >= 11 is 0. The first-order valence-corrected chi connectivity index (χ1v) is 9.96. The summed E-state index contributed by atoms with van der Waals surface area (Å²) in [4.78, 5) is 18.1. The van der Waals surface area contributed by atoms with Crippen molar-refractivity contribution in [2.75, 3.05) is 52.3 Å². The average molecular weight is 409 g/mol. The molecule has 164 valence electrons. The number of rotatable bonds is 10. The lowest BCUT2D eigenvalue weighted by molar-refractivity contribution is 0.0264. The molecular formula is C21H36N4O4. The van der Waals surface area contributed by atoms with Gasteiger partial charge >= 0.3 is 6.09 Å². The molecule has 0 saturated heterocycles. The zero-order valence-electron chi connectivity index (χ0n) is 18.6. The van der Waals surface area contributed by atoms with Gasteiger partial charge in [-0.25, -0.2) is 4.79 Å². The minimum absolute atomic E-state index is 0.317. The van der Waals surface area contributed by atoms with Crippen LogP contribution < -0.4 is 15.4 Å². The van der Waals surface area contributed by atoms with E-state index in [9.17, 15) is 4.79 Å². The number of aliphatic imine (C=N–C) groups is 1. The topological polar surface area (TPSA) is 84.4 Å². The molecule has 1 rings (SSSR count). The number of nitrogens with one attached hydrogen (secondary N) is 2. The maximum absolute atomic E-state index is 12.2. The van der Waals surface area contributed by atoms with E-state index < -0.39 is 5.60 Å². The third-order valence-corrected chi connectivity index (χ3v) is 3.79. The second kappa shape index (κ2) is 12.9. The zero-order valence-corrected chi connectivity index (χ0v) is 18.6. The lowest BCUT2D eigenvalue weighted by Gasteiger charge is -2.26. The molecule has 0 aliphatic heterocycles. The van der Waals surface area contributed by atoms with Crippen molar-refractivity contribution in [1.29, 1.82) is 0 Å². The van der Waals surface area contributed by atoms with Crippen molar-refractivity contribution in [2.45, 2.75) is 39.7 Å². The van der Waals surface area contributed by atoms with E-state index >= 15 is 0 Å². The van der Waals surface area contributed by atoms with Gasteiger partial charge in [0.25, 0.3) is 0 Å². The number of likely N-dealkylation sites (N-methyl/N-ethyl adjacent to an activating group) is 1. The number of ether oxygens (including phenoxy) is 3. The maximum atomic E-state index is 12.2. The molecule has 29 heavy (non-hydrogen) atoms. The lowest BCUT2D eigenvalue weighted by Crippen LogP contribution is -2.42. The fourth-order valence-corrected chi connectivity index (χ4v) is 2.39. The molecule has 0 unspecified atom stereocenters. The Morgan fingerprint density at radius 2 is 2.00 bits per heavy atom. The molecule has 0 spiro atoms. The highest BCUT2D eigenvalue weighted by molar-refractivity contribution is 5.93. The highest BCUT2D eigenvalue weighted by Crippen LogP contribution is 2.17. The molecule has 0 aliphatic carbocycles. The van der Waals surface area contributed by atoms with Gasteiger partial charge in [-0.1, -0.05) is 6.07 Å². The fraction of sp³-hybridized carbons (Fsp3) is 0.619. The summed E-state index contributed by atoms with van der Waals surface area (Å²) < 4.78 is 16.2. The van der Waals surface area contributed by atoms with Crippen molar-refractivity contribution >= 4 is 17.7 Å².